The molecule has 0 bridgehead atoms. The van der Waals surface area contributed by atoms with Gasteiger partial charge in [0.15, 0.2) is 0 Å². The molecule has 0 saturated carbocycles. The number of anilines is 1. The number of para-hydroxylation sites is 1. The van der Waals surface area contributed by atoms with Crippen molar-refractivity contribution in [3.63, 3.8) is 0 Å². The van der Waals surface area contributed by atoms with Crippen LogP contribution in [0.4, 0.5) is 19.0 Å². The number of alkyl halides is 3. The van der Waals surface area contributed by atoms with Gasteiger partial charge in [0, 0.05) is 56.0 Å². The zero-order valence-corrected chi connectivity index (χ0v) is 27.6. The summed E-state index contributed by atoms with van der Waals surface area (Å²) >= 11 is 0. The number of carbonyl (C=O) groups is 3. The minimum absolute atomic E-state index is 0.191. The van der Waals surface area contributed by atoms with Crippen molar-refractivity contribution >= 4 is 23.5 Å². The van der Waals surface area contributed by atoms with E-state index in [0.717, 1.165) is 24.7 Å². The molecule has 2 N–H and O–H groups in total. The number of nitrogens with zero attached hydrogens (tertiary/aromatic N) is 6. The predicted molar refractivity (Wildman–Crippen MR) is 178 cm³/mol. The quantitative estimate of drug-likeness (QED) is 0.243. The molecular formula is C35H37F3N8O4. The lowest BCUT2D eigenvalue weighted by Gasteiger charge is -2.38. The Balaban J connectivity index is 1.32. The van der Waals surface area contributed by atoms with Crippen LogP contribution in [-0.4, -0.2) is 87.6 Å². The van der Waals surface area contributed by atoms with E-state index in [-0.39, 0.29) is 23.7 Å². The second-order valence-electron chi connectivity index (χ2n) is 11.9. The molecule has 4 heterocycles. The van der Waals surface area contributed by atoms with E-state index in [9.17, 15) is 27.6 Å². The molecule has 4 aromatic rings. The van der Waals surface area contributed by atoms with Gasteiger partial charge in [-0.2, -0.15) is 14.9 Å². The van der Waals surface area contributed by atoms with Crippen LogP contribution in [0, 0.1) is 0 Å². The first-order chi connectivity index (χ1) is 24.1. The van der Waals surface area contributed by atoms with Crippen LogP contribution >= 0.6 is 0 Å². The fraction of sp³-hybridized carbons (Fsp3) is 0.343. The second-order valence-corrected chi connectivity index (χ2v) is 11.9. The SMILES string of the molecule is C/C=C(\CN1CCOCC1)C(=O)NCc1cccc([C@@H]2c3cnn(-c4ccccc4)c3N(CC)C(=O)[C@H]2NC(=O)c2ccn(C(F)(F)F)n2)c1. The highest BCUT2D eigenvalue weighted by molar-refractivity contribution is 6.04. The van der Waals surface area contributed by atoms with Crippen LogP contribution in [0.1, 0.15) is 46.9 Å². The molecule has 15 heteroatoms. The molecule has 3 amide bonds. The molecule has 12 nitrogen and oxygen atoms in total. The third-order valence-electron chi connectivity index (χ3n) is 8.81. The van der Waals surface area contributed by atoms with Crippen molar-refractivity contribution in [2.24, 2.45) is 0 Å². The third kappa shape index (κ3) is 7.19. The Morgan fingerprint density at radius 3 is 2.50 bits per heavy atom. The Morgan fingerprint density at radius 1 is 1.06 bits per heavy atom. The maximum absolute atomic E-state index is 14.3. The van der Waals surface area contributed by atoms with Crippen LogP contribution in [0.25, 0.3) is 5.69 Å². The average molecular weight is 691 g/mol. The Hall–Kier alpha value is -5.28. The number of rotatable bonds is 10. The Bertz CT molecular complexity index is 1880. The van der Waals surface area contributed by atoms with Gasteiger partial charge in [-0.3, -0.25) is 24.2 Å². The van der Waals surface area contributed by atoms with Gasteiger partial charge in [-0.05, 0) is 43.2 Å². The molecule has 2 aromatic heterocycles. The first kappa shape index (κ1) is 34.6. The van der Waals surface area contributed by atoms with Crippen molar-refractivity contribution in [1.82, 2.24) is 35.1 Å². The van der Waals surface area contributed by atoms with Crippen LogP contribution in [0.3, 0.4) is 0 Å². The largest absolute Gasteiger partial charge is 0.504 e. The number of hydrogen-bond acceptors (Lipinski definition) is 7. The summed E-state index contributed by atoms with van der Waals surface area (Å²) in [4.78, 5) is 44.5. The number of nitrogens with one attached hydrogen (secondary N) is 2. The molecule has 0 unspecified atom stereocenters. The molecule has 1 saturated heterocycles. The molecular weight excluding hydrogens is 653 g/mol. The van der Waals surface area contributed by atoms with Gasteiger partial charge in [-0.1, -0.05) is 48.5 Å². The lowest BCUT2D eigenvalue weighted by atomic mass is 9.82. The number of hydrogen-bond donors (Lipinski definition) is 2. The summed E-state index contributed by atoms with van der Waals surface area (Å²) in [5, 5.41) is 13.7. The lowest BCUT2D eigenvalue weighted by Crippen LogP contribution is -2.55. The fourth-order valence-corrected chi connectivity index (χ4v) is 6.31. The van der Waals surface area contributed by atoms with Crippen molar-refractivity contribution in [1.29, 1.82) is 0 Å². The zero-order chi connectivity index (χ0) is 35.4. The Labute approximate surface area is 286 Å². The molecule has 2 aliphatic rings. The van der Waals surface area contributed by atoms with Gasteiger partial charge >= 0.3 is 6.30 Å². The lowest BCUT2D eigenvalue weighted by molar-refractivity contribution is -0.212. The first-order valence-corrected chi connectivity index (χ1v) is 16.3. The number of morpholine rings is 1. The van der Waals surface area contributed by atoms with Gasteiger partial charge in [0.1, 0.15) is 17.6 Å². The van der Waals surface area contributed by atoms with Gasteiger partial charge in [0.05, 0.1) is 25.1 Å². The molecule has 2 aliphatic heterocycles. The van der Waals surface area contributed by atoms with Crippen molar-refractivity contribution in [3.05, 3.63) is 107 Å². The van der Waals surface area contributed by atoms with Crippen molar-refractivity contribution in [2.75, 3.05) is 44.3 Å². The van der Waals surface area contributed by atoms with Gasteiger partial charge in [0.2, 0.25) is 5.91 Å². The summed E-state index contributed by atoms with van der Waals surface area (Å²) in [6.45, 7) is 7.26. The molecule has 50 heavy (non-hydrogen) atoms. The molecule has 2 atom stereocenters. The minimum atomic E-state index is -4.81. The van der Waals surface area contributed by atoms with Crippen LogP contribution in [-0.2, 0) is 27.2 Å². The zero-order valence-electron chi connectivity index (χ0n) is 27.6. The van der Waals surface area contributed by atoms with E-state index in [1.807, 2.05) is 55.5 Å². The second kappa shape index (κ2) is 14.7. The van der Waals surface area contributed by atoms with Crippen molar-refractivity contribution < 1.29 is 32.3 Å². The van der Waals surface area contributed by atoms with Crippen LogP contribution in [0.15, 0.2) is 84.7 Å². The number of ether oxygens (including phenoxy) is 1. The number of benzene rings is 2. The monoisotopic (exact) mass is 690 g/mol. The standard InChI is InChI=1S/C35H37F3N8O4/c1-3-24(22-43-15-17-50-18-16-43)31(47)39-20-23-9-8-10-25(19-23)29-27-21-40-46(26-11-6-5-7-12-26)33(27)44(4-2)34(49)30(29)41-32(48)28-13-14-45(42-28)35(36,37)38/h3,5-14,19,21,29-30H,4,15-18,20,22H2,1-2H3,(H,39,47)(H,41,48)/b24-3+/t29-,30+/m1/s1. The van der Waals surface area contributed by atoms with E-state index in [0.29, 0.717) is 54.2 Å². The van der Waals surface area contributed by atoms with Crippen molar-refractivity contribution in [3.8, 4) is 5.69 Å². The molecule has 262 valence electrons. The number of amides is 3. The van der Waals surface area contributed by atoms with E-state index in [1.54, 1.807) is 29.9 Å². The van der Waals surface area contributed by atoms with Crippen LogP contribution in [0.2, 0.25) is 0 Å². The van der Waals surface area contributed by atoms with E-state index in [1.165, 1.54) is 4.90 Å². The number of fused-ring (bicyclic) bond motifs is 1. The molecule has 0 spiro atoms. The highest BCUT2D eigenvalue weighted by Crippen LogP contribution is 2.41. The smallest absolute Gasteiger partial charge is 0.379 e. The van der Waals surface area contributed by atoms with E-state index in [4.69, 9.17) is 4.74 Å². The molecule has 0 radical (unpaired) electrons. The van der Waals surface area contributed by atoms with Crippen LogP contribution in [0.5, 0.6) is 0 Å². The number of allylic oxidation sites excluding steroid dienone is 1. The van der Waals surface area contributed by atoms with E-state index < -0.39 is 35.8 Å². The summed E-state index contributed by atoms with van der Waals surface area (Å²) in [6, 6.07) is 16.3. The molecule has 0 aliphatic carbocycles. The third-order valence-corrected chi connectivity index (χ3v) is 8.81. The fourth-order valence-electron chi connectivity index (χ4n) is 6.31. The maximum atomic E-state index is 14.3. The molecule has 6 rings (SSSR count). The Kier molecular flexibility index (Phi) is 10.2. The number of carbonyl (C=O) groups excluding carboxylic acids is 3. The van der Waals surface area contributed by atoms with Gasteiger partial charge in [-0.15, -0.1) is 13.2 Å². The average Bonchev–Trinajstić information content (AvgIpc) is 3.80. The summed E-state index contributed by atoms with van der Waals surface area (Å²) in [7, 11) is 0. The van der Waals surface area contributed by atoms with Crippen LogP contribution < -0.4 is 15.5 Å². The minimum Gasteiger partial charge on any atom is -0.379 e. The number of likely N-dealkylation sites (N-methyl/N-ethyl adjacent to an activating group) is 1. The summed E-state index contributed by atoms with van der Waals surface area (Å²) < 4.78 is 46.6. The van der Waals surface area contributed by atoms with Gasteiger partial charge in [-0.25, -0.2) is 4.68 Å². The van der Waals surface area contributed by atoms with Gasteiger partial charge < -0.3 is 15.4 Å². The molecule has 1 fully saturated rings. The highest BCUT2D eigenvalue weighted by Gasteiger charge is 2.45. The van der Waals surface area contributed by atoms with Crippen molar-refractivity contribution in [2.45, 2.75) is 38.7 Å². The van der Waals surface area contributed by atoms with E-state index in [2.05, 4.69) is 25.7 Å². The van der Waals surface area contributed by atoms with E-state index >= 15 is 0 Å². The topological polar surface area (TPSA) is 127 Å². The van der Waals surface area contributed by atoms with Gasteiger partial charge in [0.25, 0.3) is 11.8 Å². The molecule has 2 aromatic carbocycles. The predicted octanol–water partition coefficient (Wildman–Crippen LogP) is 3.74. The highest BCUT2D eigenvalue weighted by atomic mass is 19.4. The Morgan fingerprint density at radius 2 is 1.82 bits per heavy atom. The summed E-state index contributed by atoms with van der Waals surface area (Å²) in [5.74, 6) is -1.88. The maximum Gasteiger partial charge on any atom is 0.504 e. The normalized spacial score (nSPS) is 18.5. The first-order valence-electron chi connectivity index (χ1n) is 16.3. The summed E-state index contributed by atoms with van der Waals surface area (Å²) in [6.07, 6.45) is -0.732. The summed E-state index contributed by atoms with van der Waals surface area (Å²) in [5.41, 5.74) is 2.87. The number of halogens is 3. The number of aromatic nitrogens is 4.